The van der Waals surface area contributed by atoms with Crippen molar-refractivity contribution in [3.63, 3.8) is 0 Å². The van der Waals surface area contributed by atoms with Gasteiger partial charge in [-0.25, -0.2) is 28.9 Å². The fourth-order valence-electron chi connectivity index (χ4n) is 4.12. The quantitative estimate of drug-likeness (QED) is 0.144. The third-order valence-electron chi connectivity index (χ3n) is 6.23. The lowest BCUT2D eigenvalue weighted by atomic mass is 9.84. The first-order chi connectivity index (χ1) is 21.1. The van der Waals surface area contributed by atoms with Gasteiger partial charge in [0.2, 0.25) is 10.3 Å². The van der Waals surface area contributed by atoms with Gasteiger partial charge in [-0.1, -0.05) is 37.4 Å². The van der Waals surface area contributed by atoms with Gasteiger partial charge in [-0.05, 0) is 49.5 Å². The van der Waals surface area contributed by atoms with Gasteiger partial charge in [0.1, 0.15) is 25.9 Å². The maximum absolute atomic E-state index is 13.8. The van der Waals surface area contributed by atoms with Crippen LogP contribution in [0.25, 0.3) is 0 Å². The molecule has 0 saturated carbocycles. The third-order valence-corrected chi connectivity index (χ3v) is 8.09. The van der Waals surface area contributed by atoms with Crippen LogP contribution in [0.1, 0.15) is 45.7 Å². The summed E-state index contributed by atoms with van der Waals surface area (Å²) in [7, 11) is 0. The maximum atomic E-state index is 13.8. The van der Waals surface area contributed by atoms with Crippen molar-refractivity contribution in [2.75, 3.05) is 13.2 Å². The molecule has 0 fully saturated rings. The Labute approximate surface area is 260 Å². The number of carbonyl (C=O) groups excluding carboxylic acids is 4. The highest BCUT2D eigenvalue weighted by Gasteiger charge is 2.34. The summed E-state index contributed by atoms with van der Waals surface area (Å²) in [5.74, 6) is -1.54. The second kappa shape index (κ2) is 13.2. The Morgan fingerprint density at radius 1 is 0.727 bits per heavy atom. The van der Waals surface area contributed by atoms with E-state index >= 15 is 0 Å². The van der Waals surface area contributed by atoms with Crippen molar-refractivity contribution in [1.29, 1.82) is 0 Å². The van der Waals surface area contributed by atoms with E-state index in [1.165, 1.54) is 45.5 Å². The Balaban J connectivity index is 1.31. The fraction of sp³-hybridized carbons (Fsp3) is 0.200. The number of hydrogen-bond donors (Lipinski definition) is 0. The molecule has 0 N–H and O–H groups in total. The maximum Gasteiger partial charge on any atom is 0.333 e. The molecule has 224 valence electrons. The number of ketones is 2. The molecule has 5 rings (SSSR count). The summed E-state index contributed by atoms with van der Waals surface area (Å²) in [5.41, 5.74) is 1.76. The lowest BCUT2D eigenvalue weighted by Crippen LogP contribution is -2.22. The summed E-state index contributed by atoms with van der Waals surface area (Å²) in [6.07, 6.45) is 3.00. The summed E-state index contributed by atoms with van der Waals surface area (Å²) in [6, 6.07) is 10.2. The molecule has 44 heavy (non-hydrogen) atoms. The molecule has 1 aliphatic rings. The Morgan fingerprint density at radius 2 is 1.14 bits per heavy atom. The van der Waals surface area contributed by atoms with Crippen molar-refractivity contribution in [3.8, 4) is 0 Å². The number of ether oxygens (including phenoxy) is 2. The van der Waals surface area contributed by atoms with E-state index in [4.69, 9.17) is 9.47 Å². The van der Waals surface area contributed by atoms with Gasteiger partial charge in [0.15, 0.2) is 11.6 Å². The van der Waals surface area contributed by atoms with Crippen molar-refractivity contribution in [3.05, 3.63) is 95.6 Å². The number of carbonyl (C=O) groups is 4. The van der Waals surface area contributed by atoms with E-state index in [1.807, 2.05) is 0 Å². The largest absolute Gasteiger partial charge is 0.460 e. The van der Waals surface area contributed by atoms with Gasteiger partial charge in [0, 0.05) is 43.2 Å². The number of rotatable bonds is 12. The second-order valence-electron chi connectivity index (χ2n) is 9.63. The number of benzene rings is 2. The Morgan fingerprint density at radius 3 is 1.52 bits per heavy atom. The number of esters is 2. The molecule has 2 aromatic carbocycles. The van der Waals surface area contributed by atoms with E-state index in [9.17, 15) is 19.2 Å². The minimum atomic E-state index is -0.481. The first kappa shape index (κ1) is 30.6. The normalized spacial score (nSPS) is 12.0. The lowest BCUT2D eigenvalue weighted by Gasteiger charge is -2.21. The highest BCUT2D eigenvalue weighted by Crippen LogP contribution is 2.40. The van der Waals surface area contributed by atoms with Gasteiger partial charge in [-0.15, -0.1) is 10.2 Å². The molecule has 0 unspecified atom stereocenters. The third kappa shape index (κ3) is 6.71. The van der Waals surface area contributed by atoms with E-state index in [1.54, 1.807) is 50.2 Å². The van der Waals surface area contributed by atoms with Crippen LogP contribution in [0.2, 0.25) is 0 Å². The molecule has 0 atom stereocenters. The van der Waals surface area contributed by atoms with Crippen molar-refractivity contribution >= 4 is 47.0 Å². The van der Waals surface area contributed by atoms with Crippen molar-refractivity contribution in [2.45, 2.75) is 47.0 Å². The molecule has 0 spiro atoms. The van der Waals surface area contributed by atoms with Crippen LogP contribution in [0.15, 0.2) is 93.5 Å². The first-order valence-corrected chi connectivity index (χ1v) is 14.9. The van der Waals surface area contributed by atoms with E-state index in [0.717, 1.165) is 0 Å². The highest BCUT2D eigenvalue weighted by atomic mass is 32.2. The molecule has 0 radical (unpaired) electrons. The predicted octanol–water partition coefficient (Wildman–Crippen LogP) is 4.19. The summed E-state index contributed by atoms with van der Waals surface area (Å²) < 4.78 is 13.3. The van der Waals surface area contributed by atoms with E-state index in [2.05, 4.69) is 33.3 Å². The SMILES string of the molecule is C=C(C)C(=O)OCCn1cnc(Sc2cccc3c2C(=O)c2cccc(Sc4ncn(CCOC(=O)C(=C)C)n4)c2C3=O)n1. The number of aromatic nitrogens is 6. The van der Waals surface area contributed by atoms with Crippen LogP contribution in [-0.2, 0) is 32.2 Å². The summed E-state index contributed by atoms with van der Waals surface area (Å²) >= 11 is 2.33. The average Bonchev–Trinajstić information content (AvgIpc) is 3.64. The molecule has 0 saturated heterocycles. The zero-order valence-electron chi connectivity index (χ0n) is 23.8. The molecule has 0 bridgehead atoms. The molecule has 4 aromatic rings. The smallest absolute Gasteiger partial charge is 0.333 e. The number of nitrogens with zero attached hydrogens (tertiary/aromatic N) is 6. The molecule has 2 heterocycles. The Hall–Kier alpha value is -4.82. The Bertz CT molecular complexity index is 1700. The number of fused-ring (bicyclic) bond motifs is 2. The molecule has 2 aromatic heterocycles. The first-order valence-electron chi connectivity index (χ1n) is 13.3. The molecule has 0 amide bonds. The summed E-state index contributed by atoms with van der Waals surface area (Å²) in [5, 5.41) is 9.53. The molecule has 1 aliphatic carbocycles. The summed E-state index contributed by atoms with van der Waals surface area (Å²) in [4.78, 5) is 60.5. The van der Waals surface area contributed by atoms with Gasteiger partial charge in [0.25, 0.3) is 0 Å². The van der Waals surface area contributed by atoms with Crippen LogP contribution in [0.4, 0.5) is 0 Å². The van der Waals surface area contributed by atoms with Crippen LogP contribution < -0.4 is 0 Å². The minimum Gasteiger partial charge on any atom is -0.460 e. The number of hydrogen-bond acceptors (Lipinski definition) is 12. The van der Waals surface area contributed by atoms with Gasteiger partial charge in [0.05, 0.1) is 13.1 Å². The highest BCUT2D eigenvalue weighted by molar-refractivity contribution is 7.99. The van der Waals surface area contributed by atoms with Crippen LogP contribution in [0.3, 0.4) is 0 Å². The molecule has 0 aliphatic heterocycles. The standard InChI is InChI=1S/C30H26N6O6S2/c1-17(2)27(39)41-13-11-35-15-31-29(33-35)43-21-9-5-7-19-23(21)25(37)20-8-6-10-22(24(20)26(19)38)44-30-32-16-36(34-30)12-14-42-28(40)18(3)4/h5-10,15-16H,1,3,11-14H2,2,4H3. The molecular weight excluding hydrogens is 605 g/mol. The Kier molecular flexibility index (Phi) is 9.20. The van der Waals surface area contributed by atoms with E-state index in [0.29, 0.717) is 44.3 Å². The minimum absolute atomic E-state index is 0.102. The zero-order chi connectivity index (χ0) is 31.4. The predicted molar refractivity (Wildman–Crippen MR) is 160 cm³/mol. The summed E-state index contributed by atoms with van der Waals surface area (Å²) in [6.45, 7) is 11.0. The van der Waals surface area contributed by atoms with E-state index in [-0.39, 0.29) is 47.0 Å². The van der Waals surface area contributed by atoms with Gasteiger partial charge in [-0.3, -0.25) is 9.59 Å². The van der Waals surface area contributed by atoms with Crippen LogP contribution in [0.5, 0.6) is 0 Å². The van der Waals surface area contributed by atoms with Gasteiger partial charge in [-0.2, -0.15) is 0 Å². The topological polar surface area (TPSA) is 148 Å². The van der Waals surface area contributed by atoms with Crippen molar-refractivity contribution in [1.82, 2.24) is 29.5 Å². The van der Waals surface area contributed by atoms with Crippen molar-refractivity contribution in [2.24, 2.45) is 0 Å². The monoisotopic (exact) mass is 630 g/mol. The second-order valence-corrected chi connectivity index (χ2v) is 11.7. The zero-order valence-corrected chi connectivity index (χ0v) is 25.4. The van der Waals surface area contributed by atoms with Crippen LogP contribution >= 0.6 is 23.5 Å². The van der Waals surface area contributed by atoms with Gasteiger partial charge >= 0.3 is 11.9 Å². The van der Waals surface area contributed by atoms with Crippen molar-refractivity contribution < 1.29 is 28.7 Å². The van der Waals surface area contributed by atoms with Crippen LogP contribution in [0, 0.1) is 0 Å². The fourth-order valence-corrected chi connectivity index (χ4v) is 5.91. The molecule has 12 nitrogen and oxygen atoms in total. The molecular formula is C30H26N6O6S2. The van der Waals surface area contributed by atoms with Gasteiger partial charge < -0.3 is 9.47 Å². The van der Waals surface area contributed by atoms with E-state index < -0.39 is 11.9 Å². The average molecular weight is 631 g/mol. The lowest BCUT2D eigenvalue weighted by molar-refractivity contribution is -0.140. The van der Waals surface area contributed by atoms with Crippen LogP contribution in [-0.4, -0.2) is 66.2 Å². The molecule has 14 heteroatoms.